The van der Waals surface area contributed by atoms with Crippen LogP contribution in [0.2, 0.25) is 0 Å². The normalized spacial score (nSPS) is 13.3. The number of hydrogen-bond donors (Lipinski definition) is 1. The van der Waals surface area contributed by atoms with Crippen LogP contribution in [0.5, 0.6) is 5.75 Å². The standard InChI is InChI=1S/C22H23NO3S/c1-5-26-17-11-10-14-8-6-7-9-15(14)16(17)12-18-21(25)23-20(27-18)13-19(24)22(2,3)4/h6-13H,5H2,1-4H3,(H,23,25)/b18-12-,20-13-. The van der Waals surface area contributed by atoms with E-state index in [-0.39, 0.29) is 11.3 Å². The summed E-state index contributed by atoms with van der Waals surface area (Å²) in [6.45, 7) is 8.04. The van der Waals surface area contributed by atoms with Crippen LogP contribution >= 0.6 is 11.3 Å². The predicted molar refractivity (Wildman–Crippen MR) is 112 cm³/mol. The number of ketones is 1. The zero-order valence-electron chi connectivity index (χ0n) is 16.0. The second-order valence-electron chi connectivity index (χ2n) is 7.32. The van der Waals surface area contributed by atoms with Crippen LogP contribution in [-0.4, -0.2) is 17.4 Å². The minimum absolute atomic E-state index is 0.0216. The van der Waals surface area contributed by atoms with Crippen molar-refractivity contribution in [3.05, 3.63) is 61.5 Å². The van der Waals surface area contributed by atoms with Crippen molar-refractivity contribution in [1.29, 1.82) is 0 Å². The number of benzene rings is 2. The summed E-state index contributed by atoms with van der Waals surface area (Å²) in [5.74, 6) is 0.715. The highest BCUT2D eigenvalue weighted by Gasteiger charge is 2.18. The van der Waals surface area contributed by atoms with Gasteiger partial charge >= 0.3 is 0 Å². The number of nitrogens with one attached hydrogen (secondary N) is 1. The van der Waals surface area contributed by atoms with Gasteiger partial charge in [-0.1, -0.05) is 51.1 Å². The molecule has 0 fully saturated rings. The van der Waals surface area contributed by atoms with E-state index in [9.17, 15) is 9.59 Å². The van der Waals surface area contributed by atoms with Crippen LogP contribution in [0.3, 0.4) is 0 Å². The second-order valence-corrected chi connectivity index (χ2v) is 8.40. The molecule has 0 aliphatic heterocycles. The summed E-state index contributed by atoms with van der Waals surface area (Å²) in [5.41, 5.74) is 0.182. The highest BCUT2D eigenvalue weighted by atomic mass is 32.1. The Balaban J connectivity index is 2.21. The van der Waals surface area contributed by atoms with Crippen molar-refractivity contribution >= 4 is 40.0 Å². The number of aromatic amines is 1. The average molecular weight is 381 g/mol. The van der Waals surface area contributed by atoms with Crippen molar-refractivity contribution in [3.8, 4) is 5.75 Å². The molecule has 0 aliphatic carbocycles. The Morgan fingerprint density at radius 1 is 1.19 bits per heavy atom. The quantitative estimate of drug-likeness (QED) is 0.755. The van der Waals surface area contributed by atoms with Crippen molar-refractivity contribution < 1.29 is 9.53 Å². The summed E-state index contributed by atoms with van der Waals surface area (Å²) >= 11 is 1.28. The summed E-state index contributed by atoms with van der Waals surface area (Å²) in [4.78, 5) is 27.4. The van der Waals surface area contributed by atoms with Gasteiger partial charge in [-0.25, -0.2) is 0 Å². The van der Waals surface area contributed by atoms with E-state index in [1.54, 1.807) is 0 Å². The largest absolute Gasteiger partial charge is 0.493 e. The Hall–Kier alpha value is -2.66. The molecule has 0 radical (unpaired) electrons. The monoisotopic (exact) mass is 381 g/mol. The highest BCUT2D eigenvalue weighted by molar-refractivity contribution is 7.07. The molecule has 1 heterocycles. The maximum atomic E-state index is 12.4. The van der Waals surface area contributed by atoms with E-state index in [0.29, 0.717) is 15.8 Å². The smallest absolute Gasteiger partial charge is 0.266 e. The van der Waals surface area contributed by atoms with Crippen LogP contribution in [0.4, 0.5) is 0 Å². The number of thiazole rings is 1. The van der Waals surface area contributed by atoms with Crippen molar-refractivity contribution in [2.24, 2.45) is 5.41 Å². The number of Topliss-reactive ketones (excluding diaryl/α,β-unsaturated/α-hetero) is 1. The van der Waals surface area contributed by atoms with Crippen LogP contribution in [0, 0.1) is 5.41 Å². The Morgan fingerprint density at radius 2 is 1.93 bits per heavy atom. The first-order chi connectivity index (χ1) is 12.8. The topological polar surface area (TPSA) is 59.2 Å². The first-order valence-electron chi connectivity index (χ1n) is 8.91. The molecule has 4 nitrogen and oxygen atoms in total. The van der Waals surface area contributed by atoms with E-state index in [4.69, 9.17) is 4.74 Å². The lowest BCUT2D eigenvalue weighted by molar-refractivity contribution is -0.119. The number of carbonyl (C=O) groups excluding carboxylic acids is 1. The third-order valence-electron chi connectivity index (χ3n) is 4.19. The van der Waals surface area contributed by atoms with Crippen LogP contribution in [0.25, 0.3) is 22.9 Å². The number of carbonyl (C=O) groups is 1. The third kappa shape index (κ3) is 4.19. The minimum Gasteiger partial charge on any atom is -0.493 e. The number of H-pyrrole nitrogens is 1. The van der Waals surface area contributed by atoms with E-state index in [1.165, 1.54) is 17.4 Å². The molecule has 0 amide bonds. The molecule has 0 aliphatic rings. The maximum absolute atomic E-state index is 12.4. The molecule has 1 aromatic heterocycles. The Labute approximate surface area is 161 Å². The Kier molecular flexibility index (Phi) is 5.33. The maximum Gasteiger partial charge on any atom is 0.266 e. The fourth-order valence-corrected chi connectivity index (χ4v) is 3.56. The molecule has 0 saturated heterocycles. The van der Waals surface area contributed by atoms with E-state index in [2.05, 4.69) is 4.98 Å². The summed E-state index contributed by atoms with van der Waals surface area (Å²) in [6, 6.07) is 11.9. The van der Waals surface area contributed by atoms with Gasteiger partial charge in [-0.2, -0.15) is 0 Å². The van der Waals surface area contributed by atoms with Gasteiger partial charge in [-0.3, -0.25) is 9.59 Å². The molecule has 5 heteroatoms. The van der Waals surface area contributed by atoms with E-state index < -0.39 is 5.41 Å². The molecule has 0 unspecified atom stereocenters. The molecule has 0 spiro atoms. The molecule has 3 rings (SSSR count). The van der Waals surface area contributed by atoms with Gasteiger partial charge in [0.1, 0.15) is 5.75 Å². The van der Waals surface area contributed by atoms with Gasteiger partial charge in [0.25, 0.3) is 5.56 Å². The van der Waals surface area contributed by atoms with E-state index in [0.717, 1.165) is 22.1 Å². The fraction of sp³-hybridized carbons (Fsp3) is 0.273. The van der Waals surface area contributed by atoms with Crippen molar-refractivity contribution in [2.75, 3.05) is 6.61 Å². The molecule has 0 saturated carbocycles. The summed E-state index contributed by atoms with van der Waals surface area (Å²) in [7, 11) is 0. The van der Waals surface area contributed by atoms with Gasteiger partial charge in [0.05, 0.1) is 15.8 Å². The molecule has 1 N–H and O–H groups in total. The summed E-state index contributed by atoms with van der Waals surface area (Å²) in [5, 5.41) is 2.10. The lowest BCUT2D eigenvalue weighted by Gasteiger charge is -2.12. The molecule has 140 valence electrons. The van der Waals surface area contributed by atoms with Gasteiger partial charge in [-0.05, 0) is 29.8 Å². The Bertz CT molecular complexity index is 1160. The number of rotatable bonds is 4. The summed E-state index contributed by atoms with van der Waals surface area (Å²) < 4.78 is 6.87. The number of hydrogen-bond acceptors (Lipinski definition) is 4. The minimum atomic E-state index is -0.484. The van der Waals surface area contributed by atoms with Gasteiger partial charge in [0, 0.05) is 17.1 Å². The zero-order valence-corrected chi connectivity index (χ0v) is 16.8. The molecular weight excluding hydrogens is 358 g/mol. The van der Waals surface area contributed by atoms with Crippen LogP contribution in [0.1, 0.15) is 33.3 Å². The molecular formula is C22H23NO3S. The second kappa shape index (κ2) is 7.53. The average Bonchev–Trinajstić information content (AvgIpc) is 2.95. The molecule has 0 bridgehead atoms. The van der Waals surface area contributed by atoms with Gasteiger partial charge in [-0.15, -0.1) is 11.3 Å². The van der Waals surface area contributed by atoms with Gasteiger partial charge in [0.15, 0.2) is 5.78 Å². The first kappa shape index (κ1) is 19.1. The summed E-state index contributed by atoms with van der Waals surface area (Å²) in [6.07, 6.45) is 3.35. The SMILES string of the molecule is CCOc1ccc2ccccc2c1/C=c1\s/c(=C\C(=O)C(C)(C)C)[nH]c1=O. The lowest BCUT2D eigenvalue weighted by Crippen LogP contribution is -2.22. The highest BCUT2D eigenvalue weighted by Crippen LogP contribution is 2.28. The van der Waals surface area contributed by atoms with Crippen LogP contribution in [-0.2, 0) is 4.79 Å². The fourth-order valence-electron chi connectivity index (χ4n) is 2.70. The molecule has 3 aromatic rings. The first-order valence-corrected chi connectivity index (χ1v) is 9.73. The van der Waals surface area contributed by atoms with Gasteiger partial charge < -0.3 is 9.72 Å². The van der Waals surface area contributed by atoms with Crippen LogP contribution < -0.4 is 19.5 Å². The van der Waals surface area contributed by atoms with Crippen molar-refractivity contribution in [1.82, 2.24) is 4.98 Å². The van der Waals surface area contributed by atoms with Crippen LogP contribution in [0.15, 0.2) is 41.2 Å². The van der Waals surface area contributed by atoms with E-state index in [1.807, 2.05) is 70.2 Å². The number of fused-ring (bicyclic) bond motifs is 1. The molecule has 0 atom stereocenters. The zero-order chi connectivity index (χ0) is 19.6. The van der Waals surface area contributed by atoms with Crippen molar-refractivity contribution in [3.63, 3.8) is 0 Å². The number of ether oxygens (including phenoxy) is 1. The third-order valence-corrected chi connectivity index (χ3v) is 5.15. The number of aromatic nitrogens is 1. The van der Waals surface area contributed by atoms with Crippen molar-refractivity contribution in [2.45, 2.75) is 27.7 Å². The predicted octanol–water partition coefficient (Wildman–Crippen LogP) is 3.21. The molecule has 2 aromatic carbocycles. The van der Waals surface area contributed by atoms with E-state index >= 15 is 0 Å². The Morgan fingerprint density at radius 3 is 2.63 bits per heavy atom. The molecule has 27 heavy (non-hydrogen) atoms. The lowest BCUT2D eigenvalue weighted by atomic mass is 9.91. The van der Waals surface area contributed by atoms with Gasteiger partial charge in [0.2, 0.25) is 0 Å².